The molecule has 0 bridgehead atoms. The lowest BCUT2D eigenvalue weighted by Gasteiger charge is -2.20. The lowest BCUT2D eigenvalue weighted by Crippen LogP contribution is -2.43. The Morgan fingerprint density at radius 2 is 1.55 bits per heavy atom. The summed E-state index contributed by atoms with van der Waals surface area (Å²) >= 11 is 3.25. The average molecular weight is 486 g/mol. The minimum absolute atomic E-state index is 0.0427. The molecule has 0 amide bonds. The Morgan fingerprint density at radius 1 is 1.00 bits per heavy atom. The van der Waals surface area contributed by atoms with Crippen LogP contribution in [-0.2, 0) is 14.3 Å². The molecule has 0 unspecified atom stereocenters. The molecule has 2 aromatic carbocycles. The highest BCUT2D eigenvalue weighted by Crippen LogP contribution is 2.44. The molecule has 31 heavy (non-hydrogen) atoms. The molecule has 7 nitrogen and oxygen atoms in total. The van der Waals surface area contributed by atoms with Crippen molar-refractivity contribution in [3.05, 3.63) is 75.3 Å². The van der Waals surface area contributed by atoms with E-state index in [9.17, 15) is 24.3 Å². The highest BCUT2D eigenvalue weighted by Gasteiger charge is 2.67. The third-order valence-electron chi connectivity index (χ3n) is 4.98. The van der Waals surface area contributed by atoms with Crippen LogP contribution in [0.2, 0.25) is 0 Å². The summed E-state index contributed by atoms with van der Waals surface area (Å²) in [6, 6.07) is 12.1. The first kappa shape index (κ1) is 22.6. The first-order valence-electron chi connectivity index (χ1n) is 9.65. The monoisotopic (exact) mass is 485 g/mol. The largest absolute Gasteiger partial charge is 0.507 e. The van der Waals surface area contributed by atoms with Gasteiger partial charge in [-0.3, -0.25) is 14.4 Å². The van der Waals surface area contributed by atoms with E-state index in [4.69, 9.17) is 10.5 Å². The standard InChI is InChI=1S/C19H9BrO6.C4H11N/c20-10-7-5-9(6-8-10)14(21)13-15(22)18(25)26-19(13)16(23)11-3-1-2-4-12(11)17(19)24;1-2-3-4-5/h1-8,21H;2-5H2,1H3/b14-13-;. The molecule has 1 heterocycles. The third kappa shape index (κ3) is 3.73. The zero-order valence-electron chi connectivity index (χ0n) is 16.7. The van der Waals surface area contributed by atoms with Gasteiger partial charge in [0, 0.05) is 21.2 Å². The number of fused-ring (bicyclic) bond motifs is 1. The molecule has 2 aliphatic rings. The number of Topliss-reactive ketones (excluding diaryl/α,β-unsaturated/α-hetero) is 3. The summed E-state index contributed by atoms with van der Waals surface area (Å²) < 4.78 is 5.71. The molecular weight excluding hydrogens is 466 g/mol. The van der Waals surface area contributed by atoms with E-state index in [0.29, 0.717) is 0 Å². The number of carbonyl (C=O) groups excluding carboxylic acids is 4. The van der Waals surface area contributed by atoms with Gasteiger partial charge in [0.25, 0.3) is 11.4 Å². The van der Waals surface area contributed by atoms with Crippen molar-refractivity contribution in [3.63, 3.8) is 0 Å². The van der Waals surface area contributed by atoms with Crippen molar-refractivity contribution in [3.8, 4) is 0 Å². The molecule has 160 valence electrons. The molecule has 1 saturated heterocycles. The predicted molar refractivity (Wildman–Crippen MR) is 117 cm³/mol. The van der Waals surface area contributed by atoms with Crippen LogP contribution in [0.25, 0.3) is 5.76 Å². The topological polar surface area (TPSA) is 124 Å². The quantitative estimate of drug-likeness (QED) is 0.224. The second-order valence-corrected chi connectivity index (χ2v) is 7.89. The van der Waals surface area contributed by atoms with E-state index in [1.165, 1.54) is 37.1 Å². The van der Waals surface area contributed by atoms with Crippen LogP contribution in [0, 0.1) is 0 Å². The molecule has 0 saturated carbocycles. The van der Waals surface area contributed by atoms with Gasteiger partial charge >= 0.3 is 5.97 Å². The van der Waals surface area contributed by atoms with E-state index in [1.54, 1.807) is 24.3 Å². The fourth-order valence-corrected chi connectivity index (χ4v) is 3.67. The van der Waals surface area contributed by atoms with E-state index in [2.05, 4.69) is 22.9 Å². The summed E-state index contributed by atoms with van der Waals surface area (Å²) in [5.74, 6) is -4.87. The van der Waals surface area contributed by atoms with Crippen LogP contribution in [0.4, 0.5) is 0 Å². The van der Waals surface area contributed by atoms with Crippen molar-refractivity contribution < 1.29 is 29.0 Å². The van der Waals surface area contributed by atoms with Crippen molar-refractivity contribution >= 4 is 45.0 Å². The summed E-state index contributed by atoms with van der Waals surface area (Å²) in [4.78, 5) is 50.2. The lowest BCUT2D eigenvalue weighted by molar-refractivity contribution is -0.149. The summed E-state index contributed by atoms with van der Waals surface area (Å²) in [5.41, 5.74) is 2.29. The Morgan fingerprint density at radius 3 is 2.00 bits per heavy atom. The first-order chi connectivity index (χ1) is 14.8. The van der Waals surface area contributed by atoms with Crippen LogP contribution < -0.4 is 5.73 Å². The zero-order chi connectivity index (χ0) is 22.8. The SMILES string of the molecule is CCCCN.O=C1OC2(C(=O)c3ccccc3C2=O)/C(=C(\O)c2ccc(Br)cc2)C1=O. The number of benzene rings is 2. The smallest absolute Gasteiger partial charge is 0.381 e. The predicted octanol–water partition coefficient (Wildman–Crippen LogP) is 3.41. The molecule has 0 atom stereocenters. The van der Waals surface area contributed by atoms with Gasteiger partial charge in [-0.05, 0) is 25.1 Å². The molecular formula is C23H20BrNO6. The van der Waals surface area contributed by atoms with E-state index < -0.39 is 40.3 Å². The highest BCUT2D eigenvalue weighted by molar-refractivity contribution is 9.10. The van der Waals surface area contributed by atoms with E-state index in [0.717, 1.165) is 11.0 Å². The number of ketones is 3. The maximum absolute atomic E-state index is 12.9. The van der Waals surface area contributed by atoms with Gasteiger partial charge < -0.3 is 15.6 Å². The summed E-state index contributed by atoms with van der Waals surface area (Å²) in [7, 11) is 0. The minimum atomic E-state index is -2.46. The summed E-state index contributed by atoms with van der Waals surface area (Å²) in [6.07, 6.45) is 2.39. The average Bonchev–Trinajstić information content (AvgIpc) is 3.15. The molecule has 8 heteroatoms. The number of aliphatic hydroxyl groups excluding tert-OH is 1. The zero-order valence-corrected chi connectivity index (χ0v) is 18.3. The first-order valence-corrected chi connectivity index (χ1v) is 10.4. The van der Waals surface area contributed by atoms with Crippen LogP contribution in [-0.4, -0.2) is 40.6 Å². The van der Waals surface area contributed by atoms with Crippen molar-refractivity contribution in [2.45, 2.75) is 25.4 Å². The van der Waals surface area contributed by atoms with Gasteiger partial charge in [-0.15, -0.1) is 0 Å². The third-order valence-corrected chi connectivity index (χ3v) is 5.51. The van der Waals surface area contributed by atoms with Crippen molar-refractivity contribution in [2.24, 2.45) is 5.73 Å². The van der Waals surface area contributed by atoms with Gasteiger partial charge in [0.1, 0.15) is 11.3 Å². The molecule has 2 aromatic rings. The maximum atomic E-state index is 12.9. The Labute approximate surface area is 187 Å². The van der Waals surface area contributed by atoms with Gasteiger partial charge in [0.15, 0.2) is 0 Å². The fraction of sp³-hybridized carbons (Fsp3) is 0.217. The minimum Gasteiger partial charge on any atom is -0.507 e. The molecule has 1 fully saturated rings. The van der Waals surface area contributed by atoms with Crippen LogP contribution in [0.3, 0.4) is 0 Å². The Balaban J connectivity index is 0.000000491. The lowest BCUT2D eigenvalue weighted by atomic mass is 9.85. The molecule has 0 radical (unpaired) electrons. The molecule has 1 spiro atoms. The Bertz CT molecular complexity index is 1070. The number of ether oxygens (including phenoxy) is 1. The fourth-order valence-electron chi connectivity index (χ4n) is 3.41. The second-order valence-electron chi connectivity index (χ2n) is 6.98. The van der Waals surface area contributed by atoms with E-state index in [1.807, 2.05) is 0 Å². The van der Waals surface area contributed by atoms with Gasteiger partial charge in [-0.1, -0.05) is 65.7 Å². The number of unbranched alkanes of at least 4 members (excludes halogenated alkanes) is 1. The van der Waals surface area contributed by atoms with Crippen molar-refractivity contribution in [1.29, 1.82) is 0 Å². The van der Waals surface area contributed by atoms with Gasteiger partial charge in [0.2, 0.25) is 11.6 Å². The normalized spacial score (nSPS) is 17.9. The molecule has 1 aliphatic carbocycles. The second kappa shape index (κ2) is 8.95. The maximum Gasteiger partial charge on any atom is 0.381 e. The van der Waals surface area contributed by atoms with E-state index in [-0.39, 0.29) is 16.7 Å². The summed E-state index contributed by atoms with van der Waals surface area (Å²) in [5, 5.41) is 10.6. The summed E-state index contributed by atoms with van der Waals surface area (Å²) in [6.45, 7) is 2.98. The number of hydrogen-bond acceptors (Lipinski definition) is 7. The molecule has 4 rings (SSSR count). The van der Waals surface area contributed by atoms with Crippen LogP contribution in [0.5, 0.6) is 0 Å². The number of aliphatic hydroxyl groups is 1. The van der Waals surface area contributed by atoms with Crippen LogP contribution >= 0.6 is 15.9 Å². The van der Waals surface area contributed by atoms with Gasteiger partial charge in [0.05, 0.1) is 0 Å². The number of esters is 1. The number of halogens is 1. The number of carbonyl (C=O) groups is 4. The Hall–Kier alpha value is -3.10. The molecule has 1 aliphatic heterocycles. The van der Waals surface area contributed by atoms with Crippen molar-refractivity contribution in [1.82, 2.24) is 0 Å². The molecule has 3 N–H and O–H groups in total. The van der Waals surface area contributed by atoms with Gasteiger partial charge in [-0.2, -0.15) is 0 Å². The number of hydrogen-bond donors (Lipinski definition) is 2. The van der Waals surface area contributed by atoms with E-state index >= 15 is 0 Å². The number of rotatable bonds is 3. The Kier molecular flexibility index (Phi) is 6.52. The van der Waals surface area contributed by atoms with Gasteiger partial charge in [-0.25, -0.2) is 4.79 Å². The highest BCUT2D eigenvalue weighted by atomic mass is 79.9. The number of nitrogens with two attached hydrogens (primary N) is 1. The van der Waals surface area contributed by atoms with Crippen molar-refractivity contribution in [2.75, 3.05) is 6.54 Å². The molecule has 0 aromatic heterocycles. The van der Waals surface area contributed by atoms with Crippen LogP contribution in [0.15, 0.2) is 58.6 Å². The van der Waals surface area contributed by atoms with Crippen LogP contribution in [0.1, 0.15) is 46.0 Å².